The first-order valence-electron chi connectivity index (χ1n) is 10.6. The van der Waals surface area contributed by atoms with Gasteiger partial charge in [-0.1, -0.05) is 12.1 Å². The maximum atomic E-state index is 13.0. The standard InChI is InChI=1S/C24H27F3N2O3/c1-4-28(3)22(30)21-14-18(16-6-10-19(11-7-16)24(25,26)27)15-29(21)20-12-8-17(9-13-20)23(31)32-5-2/h6-13,18,21H,4-5,14-15H2,1-3H3/t18?,21-/m0/s1. The van der Waals surface area contributed by atoms with Gasteiger partial charge in [-0.15, -0.1) is 0 Å². The molecule has 1 amide bonds. The van der Waals surface area contributed by atoms with E-state index in [1.54, 1.807) is 43.1 Å². The van der Waals surface area contributed by atoms with Crippen molar-refractivity contribution in [3.05, 3.63) is 65.2 Å². The third-order valence-corrected chi connectivity index (χ3v) is 5.86. The molecule has 1 aliphatic heterocycles. The second-order valence-corrected chi connectivity index (χ2v) is 7.84. The van der Waals surface area contributed by atoms with E-state index in [0.29, 0.717) is 25.1 Å². The first-order chi connectivity index (χ1) is 15.2. The van der Waals surface area contributed by atoms with Gasteiger partial charge < -0.3 is 14.5 Å². The Morgan fingerprint density at radius 1 is 1.06 bits per heavy atom. The Kier molecular flexibility index (Phi) is 7.11. The Labute approximate surface area is 185 Å². The number of halogens is 3. The zero-order valence-corrected chi connectivity index (χ0v) is 18.4. The molecule has 0 aliphatic carbocycles. The van der Waals surface area contributed by atoms with Crippen molar-refractivity contribution >= 4 is 17.6 Å². The Morgan fingerprint density at radius 3 is 2.22 bits per heavy atom. The molecule has 0 aromatic heterocycles. The van der Waals surface area contributed by atoms with Crippen LogP contribution in [0.1, 0.15) is 47.7 Å². The Balaban J connectivity index is 1.87. The van der Waals surface area contributed by atoms with Crippen LogP contribution in [0.15, 0.2) is 48.5 Å². The summed E-state index contributed by atoms with van der Waals surface area (Å²) in [5.41, 5.74) is 1.27. The molecule has 1 heterocycles. The van der Waals surface area contributed by atoms with Crippen LogP contribution in [0.5, 0.6) is 0 Å². The molecule has 172 valence electrons. The van der Waals surface area contributed by atoms with Gasteiger partial charge in [0.05, 0.1) is 17.7 Å². The fraction of sp³-hybridized carbons (Fsp3) is 0.417. The van der Waals surface area contributed by atoms with E-state index >= 15 is 0 Å². The smallest absolute Gasteiger partial charge is 0.416 e. The number of alkyl halides is 3. The molecule has 0 spiro atoms. The number of carbonyl (C=O) groups excluding carboxylic acids is 2. The summed E-state index contributed by atoms with van der Waals surface area (Å²) >= 11 is 0. The van der Waals surface area contributed by atoms with Crippen LogP contribution in [-0.2, 0) is 15.7 Å². The van der Waals surface area contributed by atoms with Crippen molar-refractivity contribution in [3.8, 4) is 0 Å². The average Bonchev–Trinajstić information content (AvgIpc) is 3.23. The van der Waals surface area contributed by atoms with Gasteiger partial charge in [-0.2, -0.15) is 13.2 Å². The summed E-state index contributed by atoms with van der Waals surface area (Å²) in [5.74, 6) is -0.556. The SMILES string of the molecule is CCOC(=O)c1ccc(N2CC(c3ccc(C(F)(F)F)cc3)C[C@H]2C(=O)N(C)CC)cc1. The van der Waals surface area contributed by atoms with Crippen LogP contribution in [0.4, 0.5) is 18.9 Å². The molecule has 1 unspecified atom stereocenters. The lowest BCUT2D eigenvalue weighted by Crippen LogP contribution is -2.44. The zero-order valence-electron chi connectivity index (χ0n) is 18.4. The van der Waals surface area contributed by atoms with Crippen LogP contribution in [0.2, 0.25) is 0 Å². The van der Waals surface area contributed by atoms with Crippen LogP contribution >= 0.6 is 0 Å². The lowest BCUT2D eigenvalue weighted by atomic mass is 9.95. The monoisotopic (exact) mass is 448 g/mol. The Hall–Kier alpha value is -3.03. The van der Waals surface area contributed by atoms with Crippen LogP contribution in [0.25, 0.3) is 0 Å². The number of hydrogen-bond acceptors (Lipinski definition) is 4. The molecule has 8 heteroatoms. The molecule has 1 aliphatic rings. The summed E-state index contributed by atoms with van der Waals surface area (Å²) in [4.78, 5) is 28.6. The molecule has 1 fully saturated rings. The summed E-state index contributed by atoms with van der Waals surface area (Å²) in [6.07, 6.45) is -3.89. The van der Waals surface area contributed by atoms with Crippen LogP contribution in [0.3, 0.4) is 0 Å². The highest BCUT2D eigenvalue weighted by molar-refractivity contribution is 5.90. The molecule has 1 saturated heterocycles. The average molecular weight is 448 g/mol. The van der Waals surface area contributed by atoms with E-state index in [2.05, 4.69) is 0 Å². The van der Waals surface area contributed by atoms with Gasteiger partial charge in [0.2, 0.25) is 5.91 Å². The number of anilines is 1. The first-order valence-corrected chi connectivity index (χ1v) is 10.6. The third kappa shape index (κ3) is 5.06. The lowest BCUT2D eigenvalue weighted by Gasteiger charge is -2.29. The number of amides is 1. The van der Waals surface area contributed by atoms with E-state index in [1.165, 1.54) is 12.1 Å². The Bertz CT molecular complexity index is 942. The van der Waals surface area contributed by atoms with Crippen LogP contribution < -0.4 is 4.90 Å². The highest BCUT2D eigenvalue weighted by Crippen LogP contribution is 2.37. The van der Waals surface area contributed by atoms with Gasteiger partial charge in [0.15, 0.2) is 0 Å². The predicted octanol–water partition coefficient (Wildman–Crippen LogP) is 4.72. The Morgan fingerprint density at radius 2 is 1.69 bits per heavy atom. The van der Waals surface area contributed by atoms with E-state index in [1.807, 2.05) is 11.8 Å². The molecule has 0 saturated carbocycles. The largest absolute Gasteiger partial charge is 0.462 e. The van der Waals surface area contributed by atoms with Gasteiger partial charge in [0, 0.05) is 31.7 Å². The van der Waals surface area contributed by atoms with Crippen molar-refractivity contribution in [2.75, 3.05) is 31.6 Å². The number of esters is 1. The van der Waals surface area contributed by atoms with Crippen molar-refractivity contribution < 1.29 is 27.5 Å². The molecule has 3 rings (SSSR count). The second-order valence-electron chi connectivity index (χ2n) is 7.84. The molecule has 32 heavy (non-hydrogen) atoms. The fourth-order valence-electron chi connectivity index (χ4n) is 3.95. The van der Waals surface area contributed by atoms with E-state index < -0.39 is 23.8 Å². The molecule has 5 nitrogen and oxygen atoms in total. The van der Waals surface area contributed by atoms with Crippen molar-refractivity contribution in [2.24, 2.45) is 0 Å². The molecule has 2 atom stereocenters. The summed E-state index contributed by atoms with van der Waals surface area (Å²) < 4.78 is 43.8. The van der Waals surface area contributed by atoms with Crippen molar-refractivity contribution in [1.29, 1.82) is 0 Å². The number of benzene rings is 2. The number of carbonyl (C=O) groups is 2. The van der Waals surface area contributed by atoms with E-state index in [9.17, 15) is 22.8 Å². The highest BCUT2D eigenvalue weighted by Gasteiger charge is 2.39. The van der Waals surface area contributed by atoms with Crippen molar-refractivity contribution in [3.63, 3.8) is 0 Å². The number of ether oxygens (including phenoxy) is 1. The van der Waals surface area contributed by atoms with Gasteiger partial charge in [0.1, 0.15) is 6.04 Å². The van der Waals surface area contributed by atoms with Gasteiger partial charge >= 0.3 is 12.1 Å². The number of rotatable bonds is 6. The molecule has 2 aromatic rings. The third-order valence-electron chi connectivity index (χ3n) is 5.86. The number of likely N-dealkylation sites (N-methyl/N-ethyl adjacent to an activating group) is 1. The summed E-state index contributed by atoms with van der Waals surface area (Å²) in [7, 11) is 1.73. The van der Waals surface area contributed by atoms with Crippen molar-refractivity contribution in [2.45, 2.75) is 38.4 Å². The van der Waals surface area contributed by atoms with Crippen LogP contribution in [-0.4, -0.2) is 49.6 Å². The van der Waals surface area contributed by atoms with E-state index in [0.717, 1.165) is 23.4 Å². The highest BCUT2D eigenvalue weighted by atomic mass is 19.4. The summed E-state index contributed by atoms with van der Waals surface area (Å²) in [6.45, 7) is 4.94. The quantitative estimate of drug-likeness (QED) is 0.600. The van der Waals surface area contributed by atoms with Gasteiger partial charge in [-0.05, 0) is 62.2 Å². The predicted molar refractivity (Wildman–Crippen MR) is 116 cm³/mol. The maximum Gasteiger partial charge on any atom is 0.416 e. The first kappa shape index (κ1) is 23.6. The summed E-state index contributed by atoms with van der Waals surface area (Å²) in [5, 5.41) is 0. The van der Waals surface area contributed by atoms with Gasteiger partial charge in [-0.25, -0.2) is 4.79 Å². The molecular formula is C24H27F3N2O3. The molecule has 0 radical (unpaired) electrons. The summed E-state index contributed by atoms with van der Waals surface area (Å²) in [6, 6.07) is 11.6. The maximum absolute atomic E-state index is 13.0. The van der Waals surface area contributed by atoms with E-state index in [4.69, 9.17) is 4.74 Å². The minimum Gasteiger partial charge on any atom is -0.462 e. The second kappa shape index (κ2) is 9.63. The van der Waals surface area contributed by atoms with Crippen LogP contribution in [0, 0.1) is 0 Å². The van der Waals surface area contributed by atoms with E-state index in [-0.39, 0.29) is 18.4 Å². The van der Waals surface area contributed by atoms with Gasteiger partial charge in [0.25, 0.3) is 0 Å². The molecule has 0 N–H and O–H groups in total. The zero-order chi connectivity index (χ0) is 23.5. The number of hydrogen-bond donors (Lipinski definition) is 0. The fourth-order valence-corrected chi connectivity index (χ4v) is 3.95. The molecule has 0 bridgehead atoms. The minimum absolute atomic E-state index is 0.0450. The topological polar surface area (TPSA) is 49.9 Å². The number of nitrogens with zero attached hydrogens (tertiary/aromatic N) is 2. The normalized spacial score (nSPS) is 18.5. The molecular weight excluding hydrogens is 421 g/mol. The molecule has 2 aromatic carbocycles. The van der Waals surface area contributed by atoms with Crippen molar-refractivity contribution in [1.82, 2.24) is 4.90 Å². The minimum atomic E-state index is -4.39. The van der Waals surface area contributed by atoms with Gasteiger partial charge in [-0.3, -0.25) is 4.79 Å². The lowest BCUT2D eigenvalue weighted by molar-refractivity contribution is -0.137.